The SMILES string of the molecule is O=C(O)c1cc(O)c(C(=O)NC2c3ccc(c(C(=O)O)c3)C2NC(=O)c2cc(O)c(C(=O)O)cc2O)cc1O. The molecule has 200 valence electrons. The van der Waals surface area contributed by atoms with Crippen LogP contribution in [0.1, 0.15) is 75.0 Å². The van der Waals surface area contributed by atoms with Gasteiger partial charge in [0.2, 0.25) is 0 Å². The van der Waals surface area contributed by atoms with Crippen molar-refractivity contribution in [1.29, 1.82) is 0 Å². The molecule has 14 heteroatoms. The Hall–Kier alpha value is -5.79. The Kier molecular flexibility index (Phi) is 6.46. The highest BCUT2D eigenvalue weighted by Gasteiger charge is 2.37. The number of nitrogens with one attached hydrogen (secondary N) is 2. The quantitative estimate of drug-likeness (QED) is 0.194. The largest absolute Gasteiger partial charge is 0.507 e. The fraction of sp³-hybridized carbons (Fsp3) is 0.0800. The van der Waals surface area contributed by atoms with E-state index < -0.39 is 87.1 Å². The molecule has 14 nitrogen and oxygen atoms in total. The number of rotatable bonds is 7. The van der Waals surface area contributed by atoms with Gasteiger partial charge in [0.05, 0.1) is 28.8 Å². The third-order valence-electron chi connectivity index (χ3n) is 6.09. The van der Waals surface area contributed by atoms with E-state index in [0.29, 0.717) is 18.2 Å². The van der Waals surface area contributed by atoms with Crippen molar-refractivity contribution in [3.63, 3.8) is 0 Å². The van der Waals surface area contributed by atoms with Crippen LogP contribution in [0.5, 0.6) is 23.0 Å². The summed E-state index contributed by atoms with van der Waals surface area (Å²) in [7, 11) is 0. The summed E-state index contributed by atoms with van der Waals surface area (Å²) in [5.74, 6) is -9.78. The van der Waals surface area contributed by atoms with Crippen molar-refractivity contribution in [3.05, 3.63) is 81.4 Å². The molecule has 0 heterocycles. The summed E-state index contributed by atoms with van der Waals surface area (Å²) in [6.07, 6.45) is 0. The van der Waals surface area contributed by atoms with E-state index in [2.05, 4.69) is 10.6 Å². The van der Waals surface area contributed by atoms with Crippen LogP contribution in [0.25, 0.3) is 0 Å². The van der Waals surface area contributed by atoms with Crippen molar-refractivity contribution in [2.24, 2.45) is 0 Å². The predicted molar refractivity (Wildman–Crippen MR) is 127 cm³/mol. The minimum atomic E-state index is -1.57. The maximum Gasteiger partial charge on any atom is 0.339 e. The Morgan fingerprint density at radius 1 is 0.513 bits per heavy atom. The first-order valence-electron chi connectivity index (χ1n) is 10.9. The molecule has 2 bridgehead atoms. The fourth-order valence-corrected chi connectivity index (χ4v) is 4.22. The molecular weight excluding hydrogens is 520 g/mol. The molecule has 3 aromatic carbocycles. The second-order valence-corrected chi connectivity index (χ2v) is 8.44. The molecule has 3 aromatic rings. The van der Waals surface area contributed by atoms with Gasteiger partial charge in [-0.25, -0.2) is 14.4 Å². The monoisotopic (exact) mass is 538 g/mol. The molecule has 0 spiro atoms. The maximum absolute atomic E-state index is 13.0. The minimum Gasteiger partial charge on any atom is -0.507 e. The van der Waals surface area contributed by atoms with Crippen LogP contribution in [0.15, 0.2) is 42.5 Å². The molecule has 0 aromatic heterocycles. The molecule has 2 aliphatic carbocycles. The molecule has 0 saturated carbocycles. The highest BCUT2D eigenvalue weighted by molar-refractivity contribution is 6.02. The zero-order valence-corrected chi connectivity index (χ0v) is 19.4. The Balaban J connectivity index is 1.70. The number of phenolic OH excluding ortho intramolecular Hbond substituents is 2. The first kappa shape index (κ1) is 26.3. The van der Waals surface area contributed by atoms with E-state index in [1.807, 2.05) is 0 Å². The van der Waals surface area contributed by atoms with Crippen LogP contribution in [-0.2, 0) is 0 Å². The standard InChI is InChI=1S/C25H18N2O12/c28-15-6-13(24(36)37)17(30)4-11(15)21(32)26-19-8-1-2-9(10(3-8)23(34)35)20(19)27-22(33)12-5-18(31)14(25(38)39)7-16(12)29/h1-7,19-20,28-31H,(H,26,32)(H,27,33)(H,34,35)(H,36,37)(H,38,39). The van der Waals surface area contributed by atoms with E-state index in [1.54, 1.807) is 0 Å². The minimum absolute atomic E-state index is 0.0373. The van der Waals surface area contributed by atoms with Crippen LogP contribution in [0.2, 0.25) is 0 Å². The van der Waals surface area contributed by atoms with Gasteiger partial charge in [-0.3, -0.25) is 9.59 Å². The molecule has 2 amide bonds. The molecule has 2 unspecified atom stereocenters. The molecule has 0 saturated heterocycles. The molecule has 0 fully saturated rings. The number of carboxylic acid groups (broad SMARTS) is 3. The Labute approximate surface area is 217 Å². The lowest BCUT2D eigenvalue weighted by atomic mass is 9.82. The fourth-order valence-electron chi connectivity index (χ4n) is 4.22. The lowest BCUT2D eigenvalue weighted by Crippen LogP contribution is -2.43. The number of phenols is 4. The van der Waals surface area contributed by atoms with Gasteiger partial charge in [-0.05, 0) is 41.5 Å². The van der Waals surface area contributed by atoms with Gasteiger partial charge in [-0.2, -0.15) is 0 Å². The number of amides is 2. The lowest BCUT2D eigenvalue weighted by Gasteiger charge is -2.35. The van der Waals surface area contributed by atoms with Crippen molar-refractivity contribution in [1.82, 2.24) is 10.6 Å². The molecule has 39 heavy (non-hydrogen) atoms. The second-order valence-electron chi connectivity index (χ2n) is 8.44. The van der Waals surface area contributed by atoms with Crippen LogP contribution in [0.3, 0.4) is 0 Å². The lowest BCUT2D eigenvalue weighted by molar-refractivity contribution is 0.0681. The van der Waals surface area contributed by atoms with E-state index in [4.69, 9.17) is 10.2 Å². The molecule has 2 aliphatic rings. The van der Waals surface area contributed by atoms with Crippen LogP contribution in [-0.4, -0.2) is 65.5 Å². The molecule has 0 radical (unpaired) electrons. The third kappa shape index (κ3) is 4.69. The Bertz CT molecular complexity index is 1600. The van der Waals surface area contributed by atoms with Gasteiger partial charge in [-0.15, -0.1) is 0 Å². The zero-order valence-electron chi connectivity index (χ0n) is 19.4. The highest BCUT2D eigenvalue weighted by Crippen LogP contribution is 2.39. The van der Waals surface area contributed by atoms with Crippen LogP contribution < -0.4 is 10.6 Å². The average molecular weight is 538 g/mol. The molecule has 5 rings (SSSR count). The number of benzene rings is 3. The van der Waals surface area contributed by atoms with Crippen molar-refractivity contribution in [2.45, 2.75) is 12.1 Å². The number of aromatic hydroxyl groups is 4. The summed E-state index contributed by atoms with van der Waals surface area (Å²) in [5.41, 5.74) is -2.38. The van der Waals surface area contributed by atoms with Crippen molar-refractivity contribution in [3.8, 4) is 23.0 Å². The van der Waals surface area contributed by atoms with Crippen LogP contribution >= 0.6 is 0 Å². The molecular formula is C25H18N2O12. The number of hydrogen-bond acceptors (Lipinski definition) is 9. The highest BCUT2D eigenvalue weighted by atomic mass is 16.4. The number of carbonyl (C=O) groups is 5. The van der Waals surface area contributed by atoms with Crippen molar-refractivity contribution < 1.29 is 59.7 Å². The van der Waals surface area contributed by atoms with Gasteiger partial charge >= 0.3 is 17.9 Å². The number of hydrogen-bond donors (Lipinski definition) is 9. The second kappa shape index (κ2) is 9.59. The first-order chi connectivity index (χ1) is 18.3. The van der Waals surface area contributed by atoms with Gasteiger partial charge in [-0.1, -0.05) is 12.1 Å². The van der Waals surface area contributed by atoms with Gasteiger partial charge in [0.25, 0.3) is 11.8 Å². The topological polar surface area (TPSA) is 251 Å². The van der Waals surface area contributed by atoms with Crippen molar-refractivity contribution >= 4 is 29.7 Å². The first-order valence-corrected chi connectivity index (χ1v) is 10.9. The summed E-state index contributed by atoms with van der Waals surface area (Å²) in [5, 5.41) is 72.9. The van der Waals surface area contributed by atoms with Gasteiger partial charge in [0.1, 0.15) is 34.1 Å². The molecule has 0 aliphatic heterocycles. The molecule has 2 atom stereocenters. The van der Waals surface area contributed by atoms with Crippen molar-refractivity contribution in [2.75, 3.05) is 0 Å². The summed E-state index contributed by atoms with van der Waals surface area (Å²) in [6.45, 7) is 0. The van der Waals surface area contributed by atoms with Crippen LogP contribution in [0.4, 0.5) is 0 Å². The van der Waals surface area contributed by atoms with Gasteiger partial charge in [0, 0.05) is 0 Å². The molecule has 9 N–H and O–H groups in total. The third-order valence-corrected chi connectivity index (χ3v) is 6.09. The maximum atomic E-state index is 13.0. The van der Waals surface area contributed by atoms with E-state index in [-0.39, 0.29) is 16.7 Å². The Morgan fingerprint density at radius 2 is 0.897 bits per heavy atom. The van der Waals surface area contributed by atoms with E-state index >= 15 is 0 Å². The average Bonchev–Trinajstić information content (AvgIpc) is 2.87. The number of fused-ring (bicyclic) bond motifs is 3. The Morgan fingerprint density at radius 3 is 1.33 bits per heavy atom. The zero-order chi connectivity index (χ0) is 28.8. The smallest absolute Gasteiger partial charge is 0.339 e. The summed E-state index contributed by atoms with van der Waals surface area (Å²) < 4.78 is 0. The summed E-state index contributed by atoms with van der Waals surface area (Å²) in [6, 6.07) is 4.40. The normalized spacial score (nSPS) is 15.4. The summed E-state index contributed by atoms with van der Waals surface area (Å²) in [4.78, 5) is 60.2. The predicted octanol–water partition coefficient (Wildman–Crippen LogP) is 1.56. The summed E-state index contributed by atoms with van der Waals surface area (Å²) >= 11 is 0. The number of carboxylic acids is 3. The number of carbonyl (C=O) groups excluding carboxylic acids is 2. The van der Waals surface area contributed by atoms with E-state index in [0.717, 1.165) is 6.07 Å². The van der Waals surface area contributed by atoms with E-state index in [1.165, 1.54) is 18.2 Å². The van der Waals surface area contributed by atoms with Crippen LogP contribution in [0, 0.1) is 0 Å². The number of aromatic carboxylic acids is 3. The van der Waals surface area contributed by atoms with Gasteiger partial charge < -0.3 is 46.4 Å². The van der Waals surface area contributed by atoms with Gasteiger partial charge in [0.15, 0.2) is 0 Å². The van der Waals surface area contributed by atoms with E-state index in [9.17, 15) is 49.5 Å².